The molecule has 1 aromatic rings. The number of hydrogen-bond acceptors (Lipinski definition) is 5. The van der Waals surface area contributed by atoms with Crippen LogP contribution >= 0.6 is 0 Å². The lowest BCUT2D eigenvalue weighted by Crippen LogP contribution is -3.13. The molecule has 2 atom stereocenters. The molecule has 8 nitrogen and oxygen atoms in total. The van der Waals surface area contributed by atoms with E-state index in [9.17, 15) is 13.2 Å². The molecule has 0 saturated carbocycles. The molecule has 0 bridgehead atoms. The second-order valence-electron chi connectivity index (χ2n) is 8.54. The fraction of sp³-hybridized carbons (Fsp3) is 0.800. The fourth-order valence-electron chi connectivity index (χ4n) is 4.53. The summed E-state index contributed by atoms with van der Waals surface area (Å²) in [4.78, 5) is 13.7. The number of nitrogens with one attached hydrogen (secondary N) is 1. The number of hydrogen-bond donors (Lipinski definition) is 1. The molecule has 2 saturated heterocycles. The van der Waals surface area contributed by atoms with Crippen LogP contribution in [-0.4, -0.2) is 61.3 Å². The molecule has 1 aromatic heterocycles. The zero-order chi connectivity index (χ0) is 21.2. The number of rotatable bonds is 6. The number of carbonyl (C=O) groups excluding carboxylic acids is 1. The van der Waals surface area contributed by atoms with E-state index in [0.717, 1.165) is 32.2 Å². The Hall–Kier alpha value is -1.45. The summed E-state index contributed by atoms with van der Waals surface area (Å²) in [6, 6.07) is 0. The van der Waals surface area contributed by atoms with Crippen molar-refractivity contribution in [1.82, 2.24) is 14.1 Å². The van der Waals surface area contributed by atoms with E-state index in [1.807, 2.05) is 13.8 Å². The molecule has 0 spiro atoms. The van der Waals surface area contributed by atoms with Crippen LogP contribution in [0.4, 0.5) is 0 Å². The van der Waals surface area contributed by atoms with Crippen molar-refractivity contribution in [1.29, 1.82) is 0 Å². The van der Waals surface area contributed by atoms with Crippen LogP contribution in [0.3, 0.4) is 0 Å². The first kappa shape index (κ1) is 22.2. The third-order valence-corrected chi connectivity index (χ3v) is 8.42. The van der Waals surface area contributed by atoms with Gasteiger partial charge in [-0.25, -0.2) is 13.1 Å². The summed E-state index contributed by atoms with van der Waals surface area (Å²) in [6.07, 6.45) is 3.61. The number of quaternary nitrogens is 1. The van der Waals surface area contributed by atoms with Gasteiger partial charge >= 0.3 is 5.97 Å². The van der Waals surface area contributed by atoms with Gasteiger partial charge in [0.1, 0.15) is 10.8 Å². The van der Waals surface area contributed by atoms with Crippen LogP contribution in [0.15, 0.2) is 4.90 Å². The molecule has 0 radical (unpaired) electrons. The zero-order valence-corrected chi connectivity index (χ0v) is 18.9. The Morgan fingerprint density at radius 3 is 2.59 bits per heavy atom. The Balaban J connectivity index is 1.75. The van der Waals surface area contributed by atoms with Crippen LogP contribution in [0.1, 0.15) is 50.9 Å². The predicted molar refractivity (Wildman–Crippen MR) is 109 cm³/mol. The van der Waals surface area contributed by atoms with Gasteiger partial charge in [0.2, 0.25) is 10.0 Å². The van der Waals surface area contributed by atoms with Gasteiger partial charge in [0, 0.05) is 13.1 Å². The summed E-state index contributed by atoms with van der Waals surface area (Å²) in [5, 5.41) is 4.56. The average molecular weight is 428 g/mol. The van der Waals surface area contributed by atoms with Crippen LogP contribution < -0.4 is 4.90 Å². The van der Waals surface area contributed by atoms with Crippen LogP contribution in [0, 0.1) is 25.7 Å². The Labute approximate surface area is 174 Å². The number of likely N-dealkylation sites (tertiary alicyclic amines) is 1. The summed E-state index contributed by atoms with van der Waals surface area (Å²) in [5.41, 5.74) is 1.24. The van der Waals surface area contributed by atoms with E-state index in [-0.39, 0.29) is 11.9 Å². The number of esters is 1. The maximum absolute atomic E-state index is 13.3. The number of piperidine rings is 2. The lowest BCUT2D eigenvalue weighted by Gasteiger charge is -2.30. The Kier molecular flexibility index (Phi) is 7.01. The van der Waals surface area contributed by atoms with E-state index < -0.39 is 10.0 Å². The molecule has 9 heteroatoms. The minimum atomic E-state index is -3.53. The average Bonchev–Trinajstić information content (AvgIpc) is 2.96. The number of aromatic nitrogens is 2. The molecule has 1 unspecified atom stereocenters. The van der Waals surface area contributed by atoms with Gasteiger partial charge in [-0.15, -0.1) is 0 Å². The second-order valence-corrected chi connectivity index (χ2v) is 10.4. The van der Waals surface area contributed by atoms with E-state index in [0.29, 0.717) is 55.1 Å². The molecule has 3 rings (SSSR count). The normalized spacial score (nSPS) is 24.6. The number of aryl methyl sites for hydroxylation is 1. The third kappa shape index (κ3) is 4.83. The predicted octanol–water partition coefficient (Wildman–Crippen LogP) is 0.736. The van der Waals surface area contributed by atoms with E-state index >= 15 is 0 Å². The number of sulfonamides is 1. The number of nitrogens with zero attached hydrogens (tertiary/aromatic N) is 3. The maximum Gasteiger partial charge on any atom is 0.314 e. The Bertz CT molecular complexity index is 828. The minimum Gasteiger partial charge on any atom is -0.466 e. The minimum absolute atomic E-state index is 0.0887. The molecule has 1 N–H and O–H groups in total. The molecule has 2 fully saturated rings. The first-order chi connectivity index (χ1) is 13.7. The molecule has 2 aliphatic rings. The SMILES string of the molecule is CCOC(=O)[C@H]1CCC[NH+](Cn2nc(C)c(S(=O)(=O)N3CCC(C)CC3)c2C)C1. The monoisotopic (exact) mass is 427 g/mol. The smallest absolute Gasteiger partial charge is 0.314 e. The Morgan fingerprint density at radius 2 is 1.93 bits per heavy atom. The number of ether oxygens (including phenoxy) is 1. The second kappa shape index (κ2) is 9.14. The highest BCUT2D eigenvalue weighted by Gasteiger charge is 2.34. The molecule has 3 heterocycles. The summed E-state index contributed by atoms with van der Waals surface area (Å²) >= 11 is 0. The van der Waals surface area contributed by atoms with Gasteiger partial charge < -0.3 is 9.64 Å². The van der Waals surface area contributed by atoms with Gasteiger partial charge in [-0.3, -0.25) is 4.79 Å². The van der Waals surface area contributed by atoms with Gasteiger partial charge in [-0.2, -0.15) is 9.40 Å². The first-order valence-electron chi connectivity index (χ1n) is 10.8. The van der Waals surface area contributed by atoms with Crippen molar-refractivity contribution in [2.45, 2.75) is 64.9 Å². The van der Waals surface area contributed by atoms with E-state index in [4.69, 9.17) is 4.74 Å². The van der Waals surface area contributed by atoms with E-state index in [1.54, 1.807) is 15.9 Å². The van der Waals surface area contributed by atoms with E-state index in [1.165, 1.54) is 4.90 Å². The molecule has 29 heavy (non-hydrogen) atoms. The third-order valence-electron chi connectivity index (χ3n) is 6.27. The molecule has 164 valence electrons. The van der Waals surface area contributed by atoms with Crippen molar-refractivity contribution >= 4 is 16.0 Å². The molecule has 0 aliphatic carbocycles. The van der Waals surface area contributed by atoms with E-state index in [2.05, 4.69) is 12.0 Å². The van der Waals surface area contributed by atoms with Crippen LogP contribution in [0.2, 0.25) is 0 Å². The molecule has 2 aliphatic heterocycles. The van der Waals surface area contributed by atoms with Crippen molar-refractivity contribution in [2.75, 3.05) is 32.8 Å². The quantitative estimate of drug-likeness (QED) is 0.677. The summed E-state index contributed by atoms with van der Waals surface area (Å²) in [5.74, 6) is 0.358. The molecule has 0 amide bonds. The zero-order valence-electron chi connectivity index (χ0n) is 18.1. The van der Waals surface area contributed by atoms with Gasteiger partial charge in [-0.1, -0.05) is 6.92 Å². The van der Waals surface area contributed by atoms with Gasteiger partial charge in [0.05, 0.1) is 31.1 Å². The highest BCUT2D eigenvalue weighted by Crippen LogP contribution is 2.27. The van der Waals surface area contributed by atoms with Crippen LogP contribution in [-0.2, 0) is 26.2 Å². The largest absolute Gasteiger partial charge is 0.466 e. The van der Waals surface area contributed by atoms with Crippen molar-refractivity contribution in [3.05, 3.63) is 11.4 Å². The van der Waals surface area contributed by atoms with Gasteiger partial charge in [-0.05, 0) is 52.4 Å². The maximum atomic E-state index is 13.3. The van der Waals surface area contributed by atoms with Crippen molar-refractivity contribution in [3.8, 4) is 0 Å². The lowest BCUT2D eigenvalue weighted by molar-refractivity contribution is -0.930. The Morgan fingerprint density at radius 1 is 1.24 bits per heavy atom. The summed E-state index contributed by atoms with van der Waals surface area (Å²) in [6.45, 7) is 11.4. The highest BCUT2D eigenvalue weighted by atomic mass is 32.2. The molecule has 0 aromatic carbocycles. The topological polar surface area (TPSA) is 85.9 Å². The van der Waals surface area contributed by atoms with Crippen molar-refractivity contribution < 1.29 is 22.8 Å². The fourth-order valence-corrected chi connectivity index (χ4v) is 6.37. The number of carbonyl (C=O) groups is 1. The van der Waals surface area contributed by atoms with Crippen LogP contribution in [0.25, 0.3) is 0 Å². The van der Waals surface area contributed by atoms with Crippen molar-refractivity contribution in [2.24, 2.45) is 11.8 Å². The summed E-state index contributed by atoms with van der Waals surface area (Å²) < 4.78 is 35.1. The first-order valence-corrected chi connectivity index (χ1v) is 12.2. The standard InChI is InChI=1S/C20H34N4O4S/c1-5-28-20(25)18-7-6-10-22(13-18)14-24-17(4)19(16(3)21-24)29(26,27)23-11-8-15(2)9-12-23/h15,18H,5-14H2,1-4H3/p+1/t18-/m0/s1. The summed E-state index contributed by atoms with van der Waals surface area (Å²) in [7, 11) is -3.53. The van der Waals surface area contributed by atoms with Gasteiger partial charge in [0.25, 0.3) is 0 Å². The van der Waals surface area contributed by atoms with Crippen LogP contribution in [0.5, 0.6) is 0 Å². The highest BCUT2D eigenvalue weighted by molar-refractivity contribution is 7.89. The lowest BCUT2D eigenvalue weighted by atomic mass is 9.99. The van der Waals surface area contributed by atoms with Crippen molar-refractivity contribution in [3.63, 3.8) is 0 Å². The van der Waals surface area contributed by atoms with Gasteiger partial charge in [0.15, 0.2) is 6.67 Å². The molecular formula is C20H35N4O4S+. The molecular weight excluding hydrogens is 392 g/mol.